The fraction of sp³-hybridized carbons (Fsp3) is 0.393. The second kappa shape index (κ2) is 43.7. The van der Waals surface area contributed by atoms with Crippen molar-refractivity contribution in [2.45, 2.75) is 279 Å². The molecule has 133 heavy (non-hydrogen) atoms. The van der Waals surface area contributed by atoms with Crippen LogP contribution in [0.5, 0.6) is 23.0 Å². The number of aromatic hydroxyl groups is 4. The Morgan fingerprint density at radius 3 is 0.805 bits per heavy atom. The van der Waals surface area contributed by atoms with Crippen LogP contribution in [0.15, 0.2) is 128 Å². The minimum Gasteiger partial charge on any atom is -0.504 e. The molecule has 0 atom stereocenters. The Morgan fingerprint density at radius 1 is 0.293 bits per heavy atom. The van der Waals surface area contributed by atoms with E-state index in [0.717, 1.165) is 334 Å². The van der Waals surface area contributed by atoms with Gasteiger partial charge in [-0.15, -0.1) is 0 Å². The predicted molar refractivity (Wildman–Crippen MR) is 509 cm³/mol. The van der Waals surface area contributed by atoms with Gasteiger partial charge in [-0.1, -0.05) is 0 Å². The van der Waals surface area contributed by atoms with Gasteiger partial charge in [-0.25, -0.2) is 35.1 Å². The number of phenols is 4. The van der Waals surface area contributed by atoms with E-state index in [0.29, 0.717) is 54.6 Å². The maximum Gasteiger partial charge on any atom is 0.165 e. The van der Waals surface area contributed by atoms with Crippen molar-refractivity contribution >= 4 is 43.4 Å². The molecule has 21 heteroatoms. The molecular weight excluding hydrogens is 1910 g/mol. The standard InChI is InChI=1S/4C21H22F2O.C10H12.C7H4F3N.C6H3Cl2N.C5H10.2Mo/c4*1-12-17(22)10-13-6-2-4-8-15(13)19(12)20-16-9-5-3-7-14(16)11-18(23)21(20)24;1-10(2,3)9-7-5-4-6-8-9;8-7(9,10)5-3-1-2-4-6(5)11;7-4-2-1-3-5(8)6(4)9;1-5(2,3)4;;/h4*10-11,24H,2-9H2,1H3;1,4-8H,2-3H3;1-4H;1-3H;1H,2-4H3;;. The molecule has 19 rings (SSSR count). The van der Waals surface area contributed by atoms with Gasteiger partial charge in [0.05, 0.1) is 0 Å². The topological polar surface area (TPSA) is 106 Å². The molecule has 4 N–H and O–H groups in total. The molecule has 0 spiro atoms. The summed E-state index contributed by atoms with van der Waals surface area (Å²) in [6.07, 6.45) is 25.9. The third-order valence-corrected chi connectivity index (χ3v) is 33.2. The SMILES string of the molecule is CC(C)(C)[CH]=[Mo]=[N]c1c(Cl)cccc1Cl.CC(C)([CH]=[Mo]=[N]c1ccccc1C(F)(F)F)c1ccccc1.Cc1c(F)cc2c(c1-c1c(O)c(F)cc3c1CCCC3)CCCC2.Cc1c(F)cc2c(c1-c1c(O)c(F)cc3c1CCCC3)CCCC2.Cc1c(F)cc2c(c1-c1c(O)c(F)cc3c1CCCC3)CCCC2.Cc1c(F)cc2c(c1-c1c(O)c(F)cc3c1CCCC3)CCCC2. The number of alkyl halides is 3. The fourth-order valence-electron chi connectivity index (χ4n) is 20.5. The van der Waals surface area contributed by atoms with Crippen molar-refractivity contribution in [3.8, 4) is 67.5 Å². The van der Waals surface area contributed by atoms with E-state index in [9.17, 15) is 68.7 Å². The average Bonchev–Trinajstić information content (AvgIpc) is 0.759. The quantitative estimate of drug-likeness (QED) is 0.0898. The van der Waals surface area contributed by atoms with E-state index < -0.39 is 70.8 Å². The second-order valence-electron chi connectivity index (χ2n) is 38.2. The van der Waals surface area contributed by atoms with Crippen molar-refractivity contribution in [1.29, 1.82) is 0 Å². The Labute approximate surface area is 801 Å². The zero-order chi connectivity index (χ0) is 95.1. The summed E-state index contributed by atoms with van der Waals surface area (Å²) in [5.74, 6) is -4.57. The molecule has 0 radical (unpaired) electrons. The van der Waals surface area contributed by atoms with Gasteiger partial charge in [-0.05, 0) is 415 Å². The first-order chi connectivity index (χ1) is 63.5. The zero-order valence-electron chi connectivity index (χ0n) is 77.2. The van der Waals surface area contributed by atoms with E-state index >= 15 is 0 Å². The number of benzene rings is 11. The molecule has 11 aromatic rings. The number of rotatable bonds is 8. The van der Waals surface area contributed by atoms with Crippen LogP contribution in [0.4, 0.5) is 59.7 Å². The number of halogens is 13. The Balaban J connectivity index is 0.000000129. The first-order valence-electron chi connectivity index (χ1n) is 47.0. The predicted octanol–water partition coefficient (Wildman–Crippen LogP) is 31.7. The summed E-state index contributed by atoms with van der Waals surface area (Å²) in [5, 5.41) is 43.4. The monoisotopic (exact) mass is 2030 g/mol. The van der Waals surface area contributed by atoms with E-state index in [1.165, 1.54) is 36.4 Å². The molecule has 0 bridgehead atoms. The summed E-state index contributed by atoms with van der Waals surface area (Å²) in [4.78, 5) is 0. The van der Waals surface area contributed by atoms with Gasteiger partial charge in [-0.2, -0.15) is 0 Å². The number of hydrogen-bond donors (Lipinski definition) is 4. The summed E-state index contributed by atoms with van der Waals surface area (Å²) >= 11 is 10.5. The maximum absolute atomic E-state index is 14.5. The van der Waals surface area contributed by atoms with Gasteiger partial charge < -0.3 is 20.4 Å². The molecular formula is C112H117Cl2F11Mo2N2O4. The van der Waals surface area contributed by atoms with E-state index in [1.54, 1.807) is 58.0 Å². The van der Waals surface area contributed by atoms with Crippen molar-refractivity contribution in [2.24, 2.45) is 12.4 Å². The van der Waals surface area contributed by atoms with Gasteiger partial charge in [0, 0.05) is 22.3 Å². The van der Waals surface area contributed by atoms with Gasteiger partial charge in [0.15, 0.2) is 46.3 Å². The van der Waals surface area contributed by atoms with Gasteiger partial charge in [0.1, 0.15) is 23.3 Å². The summed E-state index contributed by atoms with van der Waals surface area (Å²) in [7, 11) is 0. The van der Waals surface area contributed by atoms with Gasteiger partial charge in [0.25, 0.3) is 0 Å². The molecule has 702 valence electrons. The van der Waals surface area contributed by atoms with Crippen molar-refractivity contribution in [2.75, 3.05) is 0 Å². The van der Waals surface area contributed by atoms with Crippen molar-refractivity contribution < 1.29 is 105 Å². The van der Waals surface area contributed by atoms with E-state index in [-0.39, 0.29) is 62.8 Å². The molecule has 0 aromatic heterocycles. The molecule has 0 unspecified atom stereocenters. The maximum atomic E-state index is 14.5. The number of aryl methyl sites for hydroxylation is 8. The Hall–Kier alpha value is -8.85. The molecule has 0 saturated heterocycles. The van der Waals surface area contributed by atoms with Crippen LogP contribution in [0.3, 0.4) is 0 Å². The van der Waals surface area contributed by atoms with Crippen LogP contribution in [0.25, 0.3) is 44.5 Å². The summed E-state index contributed by atoms with van der Waals surface area (Å²) in [6.45, 7) is 17.6. The van der Waals surface area contributed by atoms with Crippen LogP contribution in [0.1, 0.15) is 260 Å². The first-order valence-corrected chi connectivity index (χ1v) is 51.8. The summed E-state index contributed by atoms with van der Waals surface area (Å²) in [5.41, 5.74) is 25.1. The third-order valence-electron chi connectivity index (χ3n) is 27.4. The van der Waals surface area contributed by atoms with Crippen LogP contribution in [0.2, 0.25) is 10.0 Å². The molecule has 0 aliphatic heterocycles. The molecule has 0 amide bonds. The molecule has 8 aliphatic rings. The molecule has 0 heterocycles. The van der Waals surface area contributed by atoms with Gasteiger partial charge >= 0.3 is 245 Å². The van der Waals surface area contributed by atoms with Crippen LogP contribution in [-0.4, -0.2) is 29.2 Å². The minimum absolute atomic E-state index is 0.0394. The van der Waals surface area contributed by atoms with Crippen LogP contribution in [0, 0.1) is 79.6 Å². The summed E-state index contributed by atoms with van der Waals surface area (Å²) < 4.78 is 167. The average molecular weight is 2030 g/mol. The van der Waals surface area contributed by atoms with Crippen LogP contribution in [-0.2, 0) is 150 Å². The fourth-order valence-corrected chi connectivity index (χ4v) is 24.7. The Morgan fingerprint density at radius 2 is 0.534 bits per heavy atom. The van der Waals surface area contributed by atoms with E-state index in [1.807, 2.05) is 48.5 Å². The van der Waals surface area contributed by atoms with Crippen molar-refractivity contribution in [3.63, 3.8) is 0 Å². The van der Waals surface area contributed by atoms with Gasteiger partial charge in [-0.3, -0.25) is 0 Å². The molecule has 8 aliphatic carbocycles. The van der Waals surface area contributed by atoms with Gasteiger partial charge in [0.2, 0.25) is 0 Å². The van der Waals surface area contributed by atoms with Crippen LogP contribution >= 0.6 is 23.2 Å². The third kappa shape index (κ3) is 22.7. The zero-order valence-corrected chi connectivity index (χ0v) is 82.8. The molecule has 6 nitrogen and oxygen atoms in total. The Kier molecular flexibility index (Phi) is 32.9. The smallest absolute Gasteiger partial charge is 0.165 e. The van der Waals surface area contributed by atoms with E-state index in [2.05, 4.69) is 50.4 Å². The van der Waals surface area contributed by atoms with Crippen molar-refractivity contribution in [1.82, 2.24) is 0 Å². The normalized spacial score (nSPS) is 15.2. The summed E-state index contributed by atoms with van der Waals surface area (Å²) in [6, 6.07) is 33.3. The first kappa shape index (κ1) is 100. The molecule has 11 aromatic carbocycles. The number of fused-ring (bicyclic) bond motifs is 8. The number of nitrogens with zero attached hydrogens (tertiary/aromatic N) is 2. The minimum atomic E-state index is -4.36. The molecule has 0 fully saturated rings. The molecule has 0 saturated carbocycles. The van der Waals surface area contributed by atoms with Crippen molar-refractivity contribution in [3.05, 3.63) is 300 Å². The largest absolute Gasteiger partial charge is 0.504 e. The number of hydrogen-bond acceptors (Lipinski definition) is 6. The number of phenolic OH excluding ortho intramolecular Hbond substituents is 4. The Bertz CT molecular complexity index is 5530. The van der Waals surface area contributed by atoms with Crippen LogP contribution < -0.4 is 0 Å². The second-order valence-corrected chi connectivity index (χ2v) is 42.1. The van der Waals surface area contributed by atoms with E-state index in [4.69, 9.17) is 23.2 Å².